The fourth-order valence-electron chi connectivity index (χ4n) is 3.24. The van der Waals surface area contributed by atoms with Crippen molar-refractivity contribution in [3.05, 3.63) is 101 Å². The molecule has 4 aromatic rings. The highest BCUT2D eigenvalue weighted by molar-refractivity contribution is 7.20. The second-order valence-corrected chi connectivity index (χ2v) is 7.68. The number of anilines is 1. The minimum Gasteiger partial charge on any atom is -0.363 e. The first kappa shape index (κ1) is 18.2. The van der Waals surface area contributed by atoms with Crippen LogP contribution in [0.1, 0.15) is 20.8 Å². The van der Waals surface area contributed by atoms with E-state index in [0.29, 0.717) is 4.88 Å². The fourth-order valence-corrected chi connectivity index (χ4v) is 4.17. The Hall–Kier alpha value is -3.15. The number of rotatable bonds is 6. The number of hydrogen-bond donors (Lipinski definition) is 2. The number of hydrogen-bond acceptors (Lipinski definition) is 4. The van der Waals surface area contributed by atoms with E-state index in [9.17, 15) is 4.79 Å². The molecule has 1 aromatic heterocycles. The topological polar surface area (TPSA) is 52.6 Å². The Balaban J connectivity index is 1.69. The molecule has 0 aliphatic carbocycles. The highest BCUT2D eigenvalue weighted by Gasteiger charge is 2.13. The highest BCUT2D eigenvalue weighted by Crippen LogP contribution is 2.31. The average molecular weight is 388 g/mol. The number of carbonyl (C=O) groups is 1. The summed E-state index contributed by atoms with van der Waals surface area (Å²) in [7, 11) is 0. The molecule has 5 heteroatoms. The van der Waals surface area contributed by atoms with E-state index in [-0.39, 0.29) is 0 Å². The first-order chi connectivity index (χ1) is 13.7. The van der Waals surface area contributed by atoms with E-state index in [1.165, 1.54) is 22.5 Å². The van der Waals surface area contributed by atoms with Crippen LogP contribution in [0.25, 0.3) is 10.1 Å². The number of fused-ring (bicyclic) bond motifs is 1. The van der Waals surface area contributed by atoms with Crippen LogP contribution in [0.4, 0.5) is 5.69 Å². The summed E-state index contributed by atoms with van der Waals surface area (Å²) in [5.41, 5.74) is 5.28. The van der Waals surface area contributed by atoms with Crippen LogP contribution in [-0.2, 0) is 13.1 Å². The van der Waals surface area contributed by atoms with Crippen molar-refractivity contribution in [2.75, 3.05) is 4.90 Å². The first-order valence-electron chi connectivity index (χ1n) is 9.04. The van der Waals surface area contributed by atoms with Crippen molar-refractivity contribution in [1.29, 1.82) is 0 Å². The SMILES string of the molecule is O=C(NO)c1cc2cc(N(Cc3ccccc3)Cc3ccccc3)ccc2s1. The van der Waals surface area contributed by atoms with Crippen molar-refractivity contribution in [2.45, 2.75) is 13.1 Å². The molecule has 0 atom stereocenters. The largest absolute Gasteiger partial charge is 0.363 e. The van der Waals surface area contributed by atoms with E-state index >= 15 is 0 Å². The van der Waals surface area contributed by atoms with Crippen LogP contribution in [0, 0.1) is 0 Å². The zero-order valence-electron chi connectivity index (χ0n) is 15.2. The van der Waals surface area contributed by atoms with E-state index in [1.807, 2.05) is 24.3 Å². The van der Waals surface area contributed by atoms with Crippen LogP contribution < -0.4 is 10.4 Å². The maximum absolute atomic E-state index is 11.7. The van der Waals surface area contributed by atoms with E-state index in [0.717, 1.165) is 28.9 Å². The number of benzene rings is 3. The van der Waals surface area contributed by atoms with Gasteiger partial charge in [-0.25, -0.2) is 5.48 Å². The molecule has 3 aromatic carbocycles. The molecule has 4 nitrogen and oxygen atoms in total. The molecule has 140 valence electrons. The molecule has 1 amide bonds. The number of thiophene rings is 1. The lowest BCUT2D eigenvalue weighted by Crippen LogP contribution is -2.22. The monoisotopic (exact) mass is 388 g/mol. The van der Waals surface area contributed by atoms with Gasteiger partial charge >= 0.3 is 0 Å². The Morgan fingerprint density at radius 2 is 1.46 bits per heavy atom. The third-order valence-corrected chi connectivity index (χ3v) is 5.74. The zero-order valence-corrected chi connectivity index (χ0v) is 16.0. The normalized spacial score (nSPS) is 10.8. The van der Waals surface area contributed by atoms with Crippen LogP contribution in [-0.4, -0.2) is 11.1 Å². The van der Waals surface area contributed by atoms with Gasteiger partial charge in [-0.15, -0.1) is 11.3 Å². The Labute approximate surface area is 167 Å². The van der Waals surface area contributed by atoms with Gasteiger partial charge in [0.05, 0.1) is 4.88 Å². The summed E-state index contributed by atoms with van der Waals surface area (Å²) in [6.07, 6.45) is 0. The smallest absolute Gasteiger partial charge is 0.284 e. The minimum absolute atomic E-state index is 0.479. The molecule has 28 heavy (non-hydrogen) atoms. The summed E-state index contributed by atoms with van der Waals surface area (Å²) in [5.74, 6) is -0.479. The molecule has 2 N–H and O–H groups in total. The van der Waals surface area contributed by atoms with Crippen LogP contribution in [0.15, 0.2) is 84.9 Å². The lowest BCUT2D eigenvalue weighted by atomic mass is 10.1. The molecule has 0 saturated heterocycles. The summed E-state index contributed by atoms with van der Waals surface area (Å²) in [4.78, 5) is 14.5. The van der Waals surface area contributed by atoms with Crippen molar-refractivity contribution in [3.8, 4) is 0 Å². The van der Waals surface area contributed by atoms with Gasteiger partial charge in [0.2, 0.25) is 0 Å². The van der Waals surface area contributed by atoms with Crippen LogP contribution in [0.5, 0.6) is 0 Å². The summed E-state index contributed by atoms with van der Waals surface area (Å²) < 4.78 is 1.02. The Morgan fingerprint density at radius 3 is 2.04 bits per heavy atom. The number of hydroxylamine groups is 1. The standard InChI is InChI=1S/C23H20N2O2S/c26-23(24-27)22-14-19-13-20(11-12-21(19)28-22)25(15-17-7-3-1-4-8-17)16-18-9-5-2-6-10-18/h1-14,27H,15-16H2,(H,24,26). The Morgan fingerprint density at radius 1 is 0.857 bits per heavy atom. The third kappa shape index (κ3) is 4.06. The molecule has 0 spiro atoms. The van der Waals surface area contributed by atoms with E-state index < -0.39 is 5.91 Å². The molecule has 4 rings (SSSR count). The fraction of sp³-hybridized carbons (Fsp3) is 0.0870. The van der Waals surface area contributed by atoms with Gasteiger partial charge in [-0.2, -0.15) is 0 Å². The van der Waals surface area contributed by atoms with Gasteiger partial charge in [0.25, 0.3) is 5.91 Å². The molecule has 0 fully saturated rings. The van der Waals surface area contributed by atoms with Crippen molar-refractivity contribution >= 4 is 33.0 Å². The van der Waals surface area contributed by atoms with Gasteiger partial charge in [0.15, 0.2) is 0 Å². The lowest BCUT2D eigenvalue weighted by Gasteiger charge is -2.25. The molecule has 0 saturated carbocycles. The molecule has 1 heterocycles. The summed E-state index contributed by atoms with van der Waals surface area (Å²) in [5, 5.41) is 9.88. The second-order valence-electron chi connectivity index (χ2n) is 6.60. The molecular formula is C23H20N2O2S. The minimum atomic E-state index is -0.479. The number of nitrogens with zero attached hydrogens (tertiary/aromatic N) is 1. The first-order valence-corrected chi connectivity index (χ1v) is 9.85. The quantitative estimate of drug-likeness (QED) is 0.351. The van der Waals surface area contributed by atoms with E-state index in [2.05, 4.69) is 65.6 Å². The van der Waals surface area contributed by atoms with Gasteiger partial charge in [0.1, 0.15) is 0 Å². The Kier molecular flexibility index (Phi) is 5.37. The van der Waals surface area contributed by atoms with Crippen molar-refractivity contribution in [2.24, 2.45) is 0 Å². The van der Waals surface area contributed by atoms with Crippen molar-refractivity contribution < 1.29 is 10.0 Å². The number of nitrogens with one attached hydrogen (secondary N) is 1. The third-order valence-electron chi connectivity index (χ3n) is 4.62. The average Bonchev–Trinajstić information content (AvgIpc) is 3.17. The maximum Gasteiger partial charge on any atom is 0.284 e. The van der Waals surface area contributed by atoms with Crippen LogP contribution >= 0.6 is 11.3 Å². The summed E-state index contributed by atoms with van der Waals surface area (Å²) >= 11 is 1.37. The van der Waals surface area contributed by atoms with Crippen LogP contribution in [0.3, 0.4) is 0 Å². The molecule has 0 aliphatic heterocycles. The van der Waals surface area contributed by atoms with Gasteiger partial charge < -0.3 is 4.90 Å². The summed E-state index contributed by atoms with van der Waals surface area (Å²) in [6.45, 7) is 1.57. The van der Waals surface area contributed by atoms with Crippen molar-refractivity contribution in [1.82, 2.24) is 5.48 Å². The Bertz CT molecular complexity index is 1040. The maximum atomic E-state index is 11.7. The number of carbonyl (C=O) groups excluding carboxylic acids is 1. The predicted molar refractivity (Wildman–Crippen MR) is 114 cm³/mol. The van der Waals surface area contributed by atoms with Gasteiger partial charge in [-0.05, 0) is 40.8 Å². The molecule has 0 unspecified atom stereocenters. The molecule has 0 bridgehead atoms. The lowest BCUT2D eigenvalue weighted by molar-refractivity contribution is 0.0711. The van der Waals surface area contributed by atoms with Gasteiger partial charge in [-0.3, -0.25) is 10.0 Å². The zero-order chi connectivity index (χ0) is 19.3. The predicted octanol–water partition coefficient (Wildman–Crippen LogP) is 5.23. The summed E-state index contributed by atoms with van der Waals surface area (Å²) in [6, 6.07) is 28.8. The number of amides is 1. The van der Waals surface area contributed by atoms with E-state index in [4.69, 9.17) is 5.21 Å². The van der Waals surface area contributed by atoms with Crippen molar-refractivity contribution in [3.63, 3.8) is 0 Å². The van der Waals surface area contributed by atoms with Gasteiger partial charge in [0, 0.05) is 23.5 Å². The molecular weight excluding hydrogens is 368 g/mol. The molecule has 0 radical (unpaired) electrons. The molecule has 0 aliphatic rings. The second kappa shape index (κ2) is 8.25. The van der Waals surface area contributed by atoms with Gasteiger partial charge in [-0.1, -0.05) is 60.7 Å². The van der Waals surface area contributed by atoms with E-state index in [1.54, 1.807) is 5.48 Å². The van der Waals surface area contributed by atoms with Crippen LogP contribution in [0.2, 0.25) is 0 Å². The highest BCUT2D eigenvalue weighted by atomic mass is 32.1.